The summed E-state index contributed by atoms with van der Waals surface area (Å²) in [4.78, 5) is 0. The number of fused-ring (bicyclic) bond motifs is 1. The van der Waals surface area contributed by atoms with E-state index in [2.05, 4.69) is 0 Å². The SMILES string of the molecule is Nc1ccc(O)c2occc12. The molecular weight excluding hydrogens is 142 g/mol. The van der Waals surface area contributed by atoms with Crippen LogP contribution in [0.3, 0.4) is 0 Å². The van der Waals surface area contributed by atoms with Gasteiger partial charge in [-0.2, -0.15) is 0 Å². The zero-order chi connectivity index (χ0) is 7.84. The standard InChI is InChI=1S/C8H7NO2/c9-6-1-2-7(10)8-5(6)3-4-11-8/h1-4,10H,9H2. The van der Waals surface area contributed by atoms with E-state index >= 15 is 0 Å². The molecule has 0 atom stereocenters. The summed E-state index contributed by atoms with van der Waals surface area (Å²) in [6, 6.07) is 4.89. The smallest absolute Gasteiger partial charge is 0.177 e. The van der Waals surface area contributed by atoms with Crippen molar-refractivity contribution >= 4 is 16.7 Å². The van der Waals surface area contributed by atoms with Crippen molar-refractivity contribution in [3.05, 3.63) is 24.5 Å². The van der Waals surface area contributed by atoms with Gasteiger partial charge in [-0.15, -0.1) is 0 Å². The first-order chi connectivity index (χ1) is 5.29. The minimum absolute atomic E-state index is 0.124. The number of benzene rings is 1. The van der Waals surface area contributed by atoms with Gasteiger partial charge in [0.05, 0.1) is 6.26 Å². The molecule has 1 aromatic carbocycles. The number of hydrogen-bond acceptors (Lipinski definition) is 3. The van der Waals surface area contributed by atoms with Crippen molar-refractivity contribution in [3.63, 3.8) is 0 Å². The molecule has 0 fully saturated rings. The third-order valence-corrected chi connectivity index (χ3v) is 1.63. The first-order valence-electron chi connectivity index (χ1n) is 3.23. The highest BCUT2D eigenvalue weighted by Gasteiger charge is 2.04. The fraction of sp³-hybridized carbons (Fsp3) is 0. The number of rotatable bonds is 0. The summed E-state index contributed by atoms with van der Waals surface area (Å²) in [6.07, 6.45) is 1.50. The molecule has 0 amide bonds. The number of nitrogen functional groups attached to an aromatic ring is 1. The predicted octanol–water partition coefficient (Wildman–Crippen LogP) is 1.72. The topological polar surface area (TPSA) is 59.4 Å². The molecule has 0 saturated heterocycles. The summed E-state index contributed by atoms with van der Waals surface area (Å²) in [6.45, 7) is 0. The Hall–Kier alpha value is -1.64. The van der Waals surface area contributed by atoms with Crippen LogP contribution in [0.2, 0.25) is 0 Å². The number of phenolic OH excluding ortho intramolecular Hbond substituents is 1. The molecule has 3 nitrogen and oxygen atoms in total. The molecule has 11 heavy (non-hydrogen) atoms. The molecule has 3 N–H and O–H groups in total. The van der Waals surface area contributed by atoms with Gasteiger partial charge in [0.1, 0.15) is 0 Å². The molecule has 0 aliphatic carbocycles. The van der Waals surface area contributed by atoms with Crippen LogP contribution >= 0.6 is 0 Å². The lowest BCUT2D eigenvalue weighted by atomic mass is 10.2. The molecule has 0 aliphatic rings. The quantitative estimate of drug-likeness (QED) is 0.443. The molecule has 0 bridgehead atoms. The van der Waals surface area contributed by atoms with Gasteiger partial charge in [-0.05, 0) is 18.2 Å². The van der Waals surface area contributed by atoms with E-state index in [9.17, 15) is 5.11 Å². The number of hydrogen-bond donors (Lipinski definition) is 2. The first-order valence-corrected chi connectivity index (χ1v) is 3.23. The van der Waals surface area contributed by atoms with Crippen LogP contribution in [-0.2, 0) is 0 Å². The van der Waals surface area contributed by atoms with Gasteiger partial charge in [0.2, 0.25) is 0 Å². The van der Waals surface area contributed by atoms with Crippen molar-refractivity contribution in [3.8, 4) is 5.75 Å². The van der Waals surface area contributed by atoms with Crippen LogP contribution in [0.15, 0.2) is 28.9 Å². The lowest BCUT2D eigenvalue weighted by Gasteiger charge is -1.95. The summed E-state index contributed by atoms with van der Waals surface area (Å²) in [5.41, 5.74) is 6.66. The van der Waals surface area contributed by atoms with Crippen molar-refractivity contribution in [2.24, 2.45) is 0 Å². The van der Waals surface area contributed by atoms with E-state index in [-0.39, 0.29) is 5.75 Å². The van der Waals surface area contributed by atoms with Gasteiger partial charge in [-0.1, -0.05) is 0 Å². The van der Waals surface area contributed by atoms with Gasteiger partial charge in [0.15, 0.2) is 11.3 Å². The maximum absolute atomic E-state index is 9.24. The van der Waals surface area contributed by atoms with Crippen molar-refractivity contribution in [2.75, 3.05) is 5.73 Å². The number of aromatic hydroxyl groups is 1. The molecular formula is C8H7NO2. The highest BCUT2D eigenvalue weighted by atomic mass is 16.3. The second-order valence-electron chi connectivity index (χ2n) is 2.34. The molecule has 0 saturated carbocycles. The fourth-order valence-electron chi connectivity index (χ4n) is 1.07. The molecule has 0 unspecified atom stereocenters. The fourth-order valence-corrected chi connectivity index (χ4v) is 1.07. The van der Waals surface area contributed by atoms with E-state index < -0.39 is 0 Å². The molecule has 1 heterocycles. The van der Waals surface area contributed by atoms with E-state index in [0.717, 1.165) is 5.39 Å². The van der Waals surface area contributed by atoms with E-state index in [1.54, 1.807) is 12.1 Å². The number of anilines is 1. The number of furan rings is 1. The third kappa shape index (κ3) is 0.741. The van der Waals surface area contributed by atoms with Gasteiger partial charge in [0.25, 0.3) is 0 Å². The van der Waals surface area contributed by atoms with Crippen molar-refractivity contribution in [1.82, 2.24) is 0 Å². The van der Waals surface area contributed by atoms with Crippen molar-refractivity contribution < 1.29 is 9.52 Å². The summed E-state index contributed by atoms with van der Waals surface area (Å²) >= 11 is 0. The monoisotopic (exact) mass is 149 g/mol. The van der Waals surface area contributed by atoms with Crippen LogP contribution in [-0.4, -0.2) is 5.11 Å². The van der Waals surface area contributed by atoms with Gasteiger partial charge in [-0.25, -0.2) is 0 Å². The molecule has 2 aromatic rings. The summed E-state index contributed by atoms with van der Waals surface area (Å²) in [7, 11) is 0. The Labute approximate surface area is 63.0 Å². The molecule has 2 rings (SSSR count). The van der Waals surface area contributed by atoms with Crippen LogP contribution in [0, 0.1) is 0 Å². The van der Waals surface area contributed by atoms with Crippen molar-refractivity contribution in [2.45, 2.75) is 0 Å². The van der Waals surface area contributed by atoms with E-state index in [1.165, 1.54) is 12.3 Å². The van der Waals surface area contributed by atoms with E-state index in [0.29, 0.717) is 11.3 Å². The molecule has 0 aliphatic heterocycles. The molecule has 0 spiro atoms. The summed E-state index contributed by atoms with van der Waals surface area (Å²) < 4.78 is 5.00. The summed E-state index contributed by atoms with van der Waals surface area (Å²) in [5.74, 6) is 0.124. The summed E-state index contributed by atoms with van der Waals surface area (Å²) in [5, 5.41) is 9.99. The lowest BCUT2D eigenvalue weighted by molar-refractivity contribution is 0.465. The largest absolute Gasteiger partial charge is 0.504 e. The molecule has 56 valence electrons. The molecule has 0 radical (unpaired) electrons. The maximum Gasteiger partial charge on any atom is 0.177 e. The predicted molar refractivity (Wildman–Crippen MR) is 42.3 cm³/mol. The zero-order valence-electron chi connectivity index (χ0n) is 5.74. The Balaban J connectivity index is 2.96. The maximum atomic E-state index is 9.24. The Bertz CT molecular complexity index is 356. The zero-order valence-corrected chi connectivity index (χ0v) is 5.74. The average molecular weight is 149 g/mol. The van der Waals surface area contributed by atoms with Crippen molar-refractivity contribution in [1.29, 1.82) is 0 Å². The number of nitrogens with two attached hydrogens (primary N) is 1. The Morgan fingerprint density at radius 3 is 2.82 bits per heavy atom. The number of phenols is 1. The Morgan fingerprint density at radius 1 is 1.27 bits per heavy atom. The Kier molecular flexibility index (Phi) is 1.06. The lowest BCUT2D eigenvalue weighted by Crippen LogP contribution is -1.83. The van der Waals surface area contributed by atoms with Crippen LogP contribution in [0.5, 0.6) is 5.75 Å². The van der Waals surface area contributed by atoms with E-state index in [4.69, 9.17) is 10.2 Å². The van der Waals surface area contributed by atoms with Crippen LogP contribution in [0.4, 0.5) is 5.69 Å². The average Bonchev–Trinajstić information content (AvgIpc) is 2.45. The normalized spacial score (nSPS) is 10.5. The minimum Gasteiger partial charge on any atom is -0.504 e. The van der Waals surface area contributed by atoms with Crippen LogP contribution < -0.4 is 5.73 Å². The van der Waals surface area contributed by atoms with Crippen LogP contribution in [0.1, 0.15) is 0 Å². The first kappa shape index (κ1) is 6.09. The van der Waals surface area contributed by atoms with Crippen LogP contribution in [0.25, 0.3) is 11.0 Å². The van der Waals surface area contributed by atoms with Gasteiger partial charge in [-0.3, -0.25) is 0 Å². The molecule has 1 aromatic heterocycles. The second-order valence-corrected chi connectivity index (χ2v) is 2.34. The van der Waals surface area contributed by atoms with Gasteiger partial charge < -0.3 is 15.3 Å². The van der Waals surface area contributed by atoms with Gasteiger partial charge in [0, 0.05) is 11.1 Å². The second kappa shape index (κ2) is 1.92. The molecule has 3 heteroatoms. The van der Waals surface area contributed by atoms with E-state index in [1.807, 2.05) is 0 Å². The van der Waals surface area contributed by atoms with Gasteiger partial charge >= 0.3 is 0 Å². The minimum atomic E-state index is 0.124. The highest BCUT2D eigenvalue weighted by Crippen LogP contribution is 2.29. The Morgan fingerprint density at radius 2 is 2.09 bits per heavy atom. The highest BCUT2D eigenvalue weighted by molar-refractivity contribution is 5.92. The third-order valence-electron chi connectivity index (χ3n) is 1.63.